The van der Waals surface area contributed by atoms with Crippen molar-refractivity contribution in [1.82, 2.24) is 8.61 Å². The zero-order valence-corrected chi connectivity index (χ0v) is 13.4. The quantitative estimate of drug-likeness (QED) is 0.829. The van der Waals surface area contributed by atoms with Crippen molar-refractivity contribution < 1.29 is 13.5 Å². The molecule has 114 valence electrons. The highest BCUT2D eigenvalue weighted by molar-refractivity contribution is 7.86. The molecule has 0 unspecified atom stereocenters. The molecule has 0 aromatic heterocycles. The lowest BCUT2D eigenvalue weighted by Crippen LogP contribution is -2.47. The van der Waals surface area contributed by atoms with Gasteiger partial charge in [-0.15, -0.1) is 0 Å². The van der Waals surface area contributed by atoms with Gasteiger partial charge in [0.15, 0.2) is 0 Å². The van der Waals surface area contributed by atoms with Crippen LogP contribution in [0.2, 0.25) is 0 Å². The third kappa shape index (κ3) is 4.86. The Labute approximate surface area is 122 Å². The van der Waals surface area contributed by atoms with E-state index in [1.807, 2.05) is 30.3 Å². The minimum Gasteiger partial charge on any atom is -0.389 e. The molecule has 1 N–H and O–H groups in total. The van der Waals surface area contributed by atoms with Gasteiger partial charge < -0.3 is 5.11 Å². The summed E-state index contributed by atoms with van der Waals surface area (Å²) in [6.45, 7) is 5.67. The maximum absolute atomic E-state index is 12.5. The average Bonchev–Trinajstić information content (AvgIpc) is 2.36. The van der Waals surface area contributed by atoms with Crippen molar-refractivity contribution in [1.29, 1.82) is 0 Å². The van der Waals surface area contributed by atoms with Crippen molar-refractivity contribution in [2.24, 2.45) is 0 Å². The van der Waals surface area contributed by atoms with Gasteiger partial charge in [-0.25, -0.2) is 0 Å². The number of hydrogen-bond acceptors (Lipinski definition) is 3. The molecule has 0 aliphatic heterocycles. The summed E-state index contributed by atoms with van der Waals surface area (Å²) < 4.78 is 27.6. The van der Waals surface area contributed by atoms with Crippen molar-refractivity contribution in [3.8, 4) is 0 Å². The Morgan fingerprint density at radius 2 is 1.75 bits per heavy atom. The van der Waals surface area contributed by atoms with E-state index in [1.54, 1.807) is 20.8 Å². The van der Waals surface area contributed by atoms with Crippen LogP contribution in [-0.2, 0) is 16.8 Å². The van der Waals surface area contributed by atoms with Gasteiger partial charge in [0.2, 0.25) is 0 Å². The maximum Gasteiger partial charge on any atom is 0.282 e. The molecule has 0 atom stereocenters. The van der Waals surface area contributed by atoms with Gasteiger partial charge in [-0.2, -0.15) is 17.0 Å². The lowest BCUT2D eigenvalue weighted by Gasteiger charge is -2.31. The van der Waals surface area contributed by atoms with E-state index < -0.39 is 15.8 Å². The minimum atomic E-state index is -3.58. The number of nitrogens with zero attached hydrogens (tertiary/aromatic N) is 2. The SMILES string of the molecule is CCN(C)S(=O)(=O)N(Cc1ccccc1)CC(C)(C)O. The molecule has 6 heteroatoms. The zero-order chi connectivity index (χ0) is 15.4. The van der Waals surface area contributed by atoms with Crippen LogP contribution in [0.15, 0.2) is 30.3 Å². The van der Waals surface area contributed by atoms with Gasteiger partial charge in [-0.1, -0.05) is 37.3 Å². The van der Waals surface area contributed by atoms with Gasteiger partial charge in [0.25, 0.3) is 10.2 Å². The van der Waals surface area contributed by atoms with Gasteiger partial charge in [-0.3, -0.25) is 0 Å². The molecule has 0 aliphatic rings. The first kappa shape index (κ1) is 17.1. The van der Waals surface area contributed by atoms with Crippen LogP contribution in [0, 0.1) is 0 Å². The molecule has 0 amide bonds. The topological polar surface area (TPSA) is 60.9 Å². The van der Waals surface area contributed by atoms with Crippen LogP contribution < -0.4 is 0 Å². The highest BCUT2D eigenvalue weighted by Crippen LogP contribution is 2.16. The smallest absolute Gasteiger partial charge is 0.282 e. The molecule has 0 bridgehead atoms. The second-order valence-electron chi connectivity index (χ2n) is 5.49. The number of rotatable bonds is 7. The Bertz CT molecular complexity index is 509. The molecule has 0 fully saturated rings. The van der Waals surface area contributed by atoms with Crippen LogP contribution in [0.1, 0.15) is 26.3 Å². The summed E-state index contributed by atoms with van der Waals surface area (Å²) in [7, 11) is -2.04. The molecule has 0 aliphatic carbocycles. The maximum atomic E-state index is 12.5. The van der Waals surface area contributed by atoms with Crippen molar-refractivity contribution in [3.63, 3.8) is 0 Å². The van der Waals surface area contributed by atoms with Crippen molar-refractivity contribution in [2.75, 3.05) is 20.1 Å². The highest BCUT2D eigenvalue weighted by atomic mass is 32.2. The van der Waals surface area contributed by atoms with E-state index in [9.17, 15) is 13.5 Å². The standard InChI is InChI=1S/C14H24N2O3S/c1-5-15(4)20(18,19)16(12-14(2,3)17)11-13-9-7-6-8-10-13/h6-10,17H,5,11-12H2,1-4H3. The van der Waals surface area contributed by atoms with E-state index in [0.29, 0.717) is 6.54 Å². The number of hydrogen-bond donors (Lipinski definition) is 1. The molecule has 0 heterocycles. The summed E-state index contributed by atoms with van der Waals surface area (Å²) in [5.74, 6) is 0. The number of aliphatic hydroxyl groups is 1. The Kier molecular flexibility index (Phi) is 5.70. The molecular weight excluding hydrogens is 276 g/mol. The van der Waals surface area contributed by atoms with Crippen molar-refractivity contribution in [2.45, 2.75) is 32.9 Å². The predicted octanol–water partition coefficient (Wildman–Crippen LogP) is 1.46. The highest BCUT2D eigenvalue weighted by Gasteiger charge is 2.30. The Morgan fingerprint density at radius 1 is 1.20 bits per heavy atom. The summed E-state index contributed by atoms with van der Waals surface area (Å²) in [5, 5.41) is 9.96. The van der Waals surface area contributed by atoms with Gasteiger partial charge in [0, 0.05) is 26.7 Å². The second kappa shape index (κ2) is 6.67. The van der Waals surface area contributed by atoms with Gasteiger partial charge in [-0.05, 0) is 19.4 Å². The predicted molar refractivity (Wildman–Crippen MR) is 80.4 cm³/mol. The minimum absolute atomic E-state index is 0.0502. The van der Waals surface area contributed by atoms with E-state index in [0.717, 1.165) is 5.56 Å². The van der Waals surface area contributed by atoms with E-state index in [-0.39, 0.29) is 13.1 Å². The van der Waals surface area contributed by atoms with Crippen LogP contribution in [0.5, 0.6) is 0 Å². The zero-order valence-electron chi connectivity index (χ0n) is 12.6. The van der Waals surface area contributed by atoms with Crippen molar-refractivity contribution >= 4 is 10.2 Å². The fourth-order valence-corrected chi connectivity index (χ4v) is 3.31. The monoisotopic (exact) mass is 300 g/mol. The largest absolute Gasteiger partial charge is 0.389 e. The normalized spacial score (nSPS) is 13.2. The van der Waals surface area contributed by atoms with Crippen LogP contribution >= 0.6 is 0 Å². The van der Waals surface area contributed by atoms with Gasteiger partial charge in [0.05, 0.1) is 5.60 Å². The lowest BCUT2D eigenvalue weighted by molar-refractivity contribution is 0.0562. The fraction of sp³-hybridized carbons (Fsp3) is 0.571. The van der Waals surface area contributed by atoms with E-state index >= 15 is 0 Å². The van der Waals surface area contributed by atoms with Gasteiger partial charge in [0.1, 0.15) is 0 Å². The van der Waals surface area contributed by atoms with Crippen LogP contribution in [0.25, 0.3) is 0 Å². The van der Waals surface area contributed by atoms with E-state index in [4.69, 9.17) is 0 Å². The molecule has 0 saturated carbocycles. The van der Waals surface area contributed by atoms with Crippen molar-refractivity contribution in [3.05, 3.63) is 35.9 Å². The Hall–Kier alpha value is -0.950. The van der Waals surface area contributed by atoms with Gasteiger partial charge >= 0.3 is 0 Å². The summed E-state index contributed by atoms with van der Waals surface area (Å²) in [5.41, 5.74) is -0.194. The first-order valence-corrected chi connectivity index (χ1v) is 8.04. The summed E-state index contributed by atoms with van der Waals surface area (Å²) in [6, 6.07) is 9.37. The molecule has 5 nitrogen and oxygen atoms in total. The molecule has 1 rings (SSSR count). The average molecular weight is 300 g/mol. The molecule has 0 saturated heterocycles. The van der Waals surface area contributed by atoms with E-state index in [2.05, 4.69) is 0 Å². The summed E-state index contributed by atoms with van der Waals surface area (Å²) >= 11 is 0. The third-order valence-electron chi connectivity index (χ3n) is 2.93. The first-order chi connectivity index (χ1) is 9.16. The number of benzene rings is 1. The van der Waals surface area contributed by atoms with Crippen LogP contribution in [-0.4, -0.2) is 47.9 Å². The molecule has 0 radical (unpaired) electrons. The summed E-state index contributed by atoms with van der Waals surface area (Å²) in [4.78, 5) is 0. The molecule has 1 aromatic rings. The Morgan fingerprint density at radius 3 is 2.20 bits per heavy atom. The third-order valence-corrected chi connectivity index (χ3v) is 4.89. The fourth-order valence-electron chi connectivity index (χ4n) is 1.80. The second-order valence-corrected chi connectivity index (χ2v) is 7.52. The molecular formula is C14H24N2O3S. The van der Waals surface area contributed by atoms with E-state index in [1.165, 1.54) is 15.7 Å². The lowest BCUT2D eigenvalue weighted by atomic mass is 10.1. The molecule has 20 heavy (non-hydrogen) atoms. The molecule has 0 spiro atoms. The van der Waals surface area contributed by atoms with Crippen LogP contribution in [0.4, 0.5) is 0 Å². The first-order valence-electron chi connectivity index (χ1n) is 6.64. The molecule has 1 aromatic carbocycles. The Balaban J connectivity index is 3.03. The summed E-state index contributed by atoms with van der Waals surface area (Å²) in [6.07, 6.45) is 0. The van der Waals surface area contributed by atoms with Crippen LogP contribution in [0.3, 0.4) is 0 Å².